The van der Waals surface area contributed by atoms with Crippen LogP contribution in [-0.2, 0) is 4.79 Å². The quantitative estimate of drug-likeness (QED) is 0.636. The first kappa shape index (κ1) is 9.03. The van der Waals surface area contributed by atoms with Gasteiger partial charge in [0.1, 0.15) is 0 Å². The number of nitrogens with zero attached hydrogens (tertiary/aromatic N) is 1. The summed E-state index contributed by atoms with van der Waals surface area (Å²) in [4.78, 5) is 15.2. The molecule has 12 heavy (non-hydrogen) atoms. The molecule has 0 atom stereocenters. The largest absolute Gasteiger partial charge is 0.354 e. The Morgan fingerprint density at radius 3 is 3.17 bits per heavy atom. The lowest BCUT2D eigenvalue weighted by atomic mass is 10.2. The Bertz CT molecular complexity index is 189. The molecule has 0 aromatic carbocycles. The van der Waals surface area contributed by atoms with Crippen molar-refractivity contribution in [3.63, 3.8) is 0 Å². The van der Waals surface area contributed by atoms with Crippen molar-refractivity contribution in [1.29, 1.82) is 0 Å². The molecular formula is C8H15N3O. The fourth-order valence-electron chi connectivity index (χ4n) is 1.01. The van der Waals surface area contributed by atoms with Crippen LogP contribution in [0.5, 0.6) is 0 Å². The highest BCUT2D eigenvalue weighted by atomic mass is 16.1. The summed E-state index contributed by atoms with van der Waals surface area (Å²) in [5.41, 5.74) is 0. The number of hydrogen-bond donors (Lipinski definition) is 2. The lowest BCUT2D eigenvalue weighted by Gasteiger charge is -2.03. The molecule has 0 saturated carbocycles. The summed E-state index contributed by atoms with van der Waals surface area (Å²) in [5, 5.41) is 5.70. The number of nitrogens with one attached hydrogen (secondary N) is 2. The zero-order valence-corrected chi connectivity index (χ0v) is 7.39. The number of rotatable bonds is 3. The topological polar surface area (TPSA) is 53.5 Å². The van der Waals surface area contributed by atoms with Gasteiger partial charge in [-0.2, -0.15) is 0 Å². The second kappa shape index (κ2) is 4.74. The Hall–Kier alpha value is -1.06. The molecule has 0 spiro atoms. The van der Waals surface area contributed by atoms with Crippen molar-refractivity contribution in [2.45, 2.75) is 26.2 Å². The van der Waals surface area contributed by atoms with Crippen LogP contribution >= 0.6 is 0 Å². The van der Waals surface area contributed by atoms with E-state index in [0.29, 0.717) is 12.4 Å². The normalized spacial score (nSPS) is 15.2. The van der Waals surface area contributed by atoms with Gasteiger partial charge in [-0.1, -0.05) is 13.3 Å². The van der Waals surface area contributed by atoms with Crippen LogP contribution in [0, 0.1) is 0 Å². The summed E-state index contributed by atoms with van der Waals surface area (Å²) in [5.74, 6) is 0.695. The highest BCUT2D eigenvalue weighted by Crippen LogP contribution is 1.93. The van der Waals surface area contributed by atoms with Gasteiger partial charge in [-0.05, 0) is 6.42 Å². The zero-order chi connectivity index (χ0) is 8.81. The summed E-state index contributed by atoms with van der Waals surface area (Å²) in [6.45, 7) is 3.67. The SMILES string of the molecule is CCCCC(=O)NC1=NCCN1. The van der Waals surface area contributed by atoms with Gasteiger partial charge >= 0.3 is 0 Å². The first-order valence-electron chi connectivity index (χ1n) is 4.41. The van der Waals surface area contributed by atoms with Gasteiger partial charge in [0.25, 0.3) is 0 Å². The maximum absolute atomic E-state index is 11.1. The van der Waals surface area contributed by atoms with Crippen LogP contribution in [0.25, 0.3) is 0 Å². The van der Waals surface area contributed by atoms with E-state index in [0.717, 1.165) is 25.9 Å². The average Bonchev–Trinajstić information content (AvgIpc) is 2.53. The van der Waals surface area contributed by atoms with Gasteiger partial charge < -0.3 is 5.32 Å². The van der Waals surface area contributed by atoms with Crippen LogP contribution in [-0.4, -0.2) is 25.0 Å². The number of carbonyl (C=O) groups is 1. The van der Waals surface area contributed by atoms with Gasteiger partial charge in [-0.3, -0.25) is 15.1 Å². The van der Waals surface area contributed by atoms with Crippen molar-refractivity contribution in [1.82, 2.24) is 10.6 Å². The van der Waals surface area contributed by atoms with E-state index in [4.69, 9.17) is 0 Å². The van der Waals surface area contributed by atoms with Crippen molar-refractivity contribution < 1.29 is 4.79 Å². The third-order valence-electron chi connectivity index (χ3n) is 1.69. The summed E-state index contributed by atoms with van der Waals surface area (Å²) in [6, 6.07) is 0. The average molecular weight is 169 g/mol. The van der Waals surface area contributed by atoms with Gasteiger partial charge in [0.15, 0.2) is 5.96 Å². The summed E-state index contributed by atoms with van der Waals surface area (Å²) in [6.07, 6.45) is 2.59. The van der Waals surface area contributed by atoms with E-state index < -0.39 is 0 Å². The smallest absolute Gasteiger partial charge is 0.226 e. The number of carbonyl (C=O) groups excluding carboxylic acids is 1. The molecule has 4 heteroatoms. The highest BCUT2D eigenvalue weighted by Gasteiger charge is 2.07. The summed E-state index contributed by atoms with van der Waals surface area (Å²) < 4.78 is 0. The molecule has 0 aromatic rings. The fraction of sp³-hybridized carbons (Fsp3) is 0.750. The minimum absolute atomic E-state index is 0.0602. The van der Waals surface area contributed by atoms with Gasteiger partial charge in [-0.15, -0.1) is 0 Å². The fourth-order valence-corrected chi connectivity index (χ4v) is 1.01. The standard InChI is InChI=1S/C8H15N3O/c1-2-3-4-7(12)11-8-9-5-6-10-8/h2-6H2,1H3,(H2,9,10,11,12). The van der Waals surface area contributed by atoms with E-state index in [1.807, 2.05) is 0 Å². The van der Waals surface area contributed by atoms with Gasteiger partial charge in [0, 0.05) is 13.0 Å². The molecule has 0 unspecified atom stereocenters. The molecule has 1 aliphatic heterocycles. The molecule has 0 saturated heterocycles. The molecule has 2 N–H and O–H groups in total. The monoisotopic (exact) mass is 169 g/mol. The third-order valence-corrected chi connectivity index (χ3v) is 1.69. The van der Waals surface area contributed by atoms with E-state index in [1.165, 1.54) is 0 Å². The van der Waals surface area contributed by atoms with Crippen LogP contribution in [0.4, 0.5) is 0 Å². The number of aliphatic imine (C=N–C) groups is 1. The maximum Gasteiger partial charge on any atom is 0.226 e. The maximum atomic E-state index is 11.1. The Balaban J connectivity index is 2.17. The Labute approximate surface area is 72.4 Å². The predicted molar refractivity (Wildman–Crippen MR) is 48.0 cm³/mol. The molecule has 1 amide bonds. The van der Waals surface area contributed by atoms with Crippen molar-refractivity contribution in [2.75, 3.05) is 13.1 Å². The summed E-state index contributed by atoms with van der Waals surface area (Å²) >= 11 is 0. The molecule has 1 heterocycles. The Kier molecular flexibility index (Phi) is 3.57. The zero-order valence-electron chi connectivity index (χ0n) is 7.39. The van der Waals surface area contributed by atoms with Crippen LogP contribution < -0.4 is 10.6 Å². The molecule has 0 aromatic heterocycles. The predicted octanol–water partition coefficient (Wildman–Crippen LogP) is 0.252. The van der Waals surface area contributed by atoms with Gasteiger partial charge in [0.2, 0.25) is 5.91 Å². The second-order valence-corrected chi connectivity index (χ2v) is 2.81. The lowest BCUT2D eigenvalue weighted by molar-refractivity contribution is -0.119. The number of unbranched alkanes of at least 4 members (excludes halogenated alkanes) is 1. The molecule has 1 aliphatic rings. The van der Waals surface area contributed by atoms with E-state index in [2.05, 4.69) is 22.5 Å². The molecule has 0 bridgehead atoms. The van der Waals surface area contributed by atoms with Gasteiger partial charge in [0.05, 0.1) is 6.54 Å². The second-order valence-electron chi connectivity index (χ2n) is 2.81. The highest BCUT2D eigenvalue weighted by molar-refractivity contribution is 5.97. The lowest BCUT2D eigenvalue weighted by Crippen LogP contribution is -2.37. The van der Waals surface area contributed by atoms with Crippen molar-refractivity contribution >= 4 is 11.9 Å². The van der Waals surface area contributed by atoms with Crippen molar-refractivity contribution in [2.24, 2.45) is 4.99 Å². The van der Waals surface area contributed by atoms with E-state index in [1.54, 1.807) is 0 Å². The van der Waals surface area contributed by atoms with E-state index >= 15 is 0 Å². The molecule has 0 aliphatic carbocycles. The van der Waals surface area contributed by atoms with E-state index in [-0.39, 0.29) is 5.91 Å². The Morgan fingerprint density at radius 2 is 2.58 bits per heavy atom. The number of guanidine groups is 1. The van der Waals surface area contributed by atoms with Gasteiger partial charge in [-0.25, -0.2) is 0 Å². The van der Waals surface area contributed by atoms with Crippen molar-refractivity contribution in [3.05, 3.63) is 0 Å². The third kappa shape index (κ3) is 2.90. The molecular weight excluding hydrogens is 154 g/mol. The van der Waals surface area contributed by atoms with Crippen LogP contribution in [0.1, 0.15) is 26.2 Å². The molecule has 1 rings (SSSR count). The van der Waals surface area contributed by atoms with Crippen LogP contribution in [0.15, 0.2) is 4.99 Å². The molecule has 0 fully saturated rings. The van der Waals surface area contributed by atoms with E-state index in [9.17, 15) is 4.79 Å². The summed E-state index contributed by atoms with van der Waals surface area (Å²) in [7, 11) is 0. The molecule has 68 valence electrons. The number of amides is 1. The molecule has 4 nitrogen and oxygen atoms in total. The minimum atomic E-state index is 0.0602. The molecule has 0 radical (unpaired) electrons. The van der Waals surface area contributed by atoms with Crippen LogP contribution in [0.3, 0.4) is 0 Å². The minimum Gasteiger partial charge on any atom is -0.354 e. The first-order chi connectivity index (χ1) is 5.83. The van der Waals surface area contributed by atoms with Crippen LogP contribution in [0.2, 0.25) is 0 Å². The van der Waals surface area contributed by atoms with Crippen molar-refractivity contribution in [3.8, 4) is 0 Å². The number of hydrogen-bond acceptors (Lipinski definition) is 3. The Morgan fingerprint density at radius 1 is 1.75 bits per heavy atom. The first-order valence-corrected chi connectivity index (χ1v) is 4.41.